The predicted octanol–water partition coefficient (Wildman–Crippen LogP) is 3.60. The molecule has 102 valence electrons. The van der Waals surface area contributed by atoms with Gasteiger partial charge >= 0.3 is 0 Å². The van der Waals surface area contributed by atoms with Crippen LogP contribution in [0.4, 0.5) is 4.39 Å². The van der Waals surface area contributed by atoms with Crippen LogP contribution in [0.1, 0.15) is 41.5 Å². The van der Waals surface area contributed by atoms with Gasteiger partial charge in [-0.2, -0.15) is 0 Å². The third-order valence-corrected chi connectivity index (χ3v) is 4.31. The fourth-order valence-electron chi connectivity index (χ4n) is 1.86. The molecule has 0 aromatic heterocycles. The summed E-state index contributed by atoms with van der Waals surface area (Å²) in [5.74, 6) is -0.282. The number of amides is 1. The minimum Gasteiger partial charge on any atom is -0.341 e. The third kappa shape index (κ3) is 2.65. The van der Waals surface area contributed by atoms with Gasteiger partial charge < -0.3 is 5.32 Å². The van der Waals surface area contributed by atoms with E-state index in [0.29, 0.717) is 0 Å². The first-order valence-corrected chi connectivity index (χ1v) is 6.52. The Bertz CT molecular complexity index is 397. The van der Waals surface area contributed by atoms with Crippen molar-refractivity contribution < 1.29 is 9.18 Å². The van der Waals surface area contributed by atoms with Crippen molar-refractivity contribution in [2.45, 2.75) is 47.1 Å². The molecule has 0 saturated heterocycles. The van der Waals surface area contributed by atoms with Gasteiger partial charge in [0.15, 0.2) is 0 Å². The highest BCUT2D eigenvalue weighted by Gasteiger charge is 2.38. The smallest absolute Gasteiger partial charge is 0.244 e. The lowest BCUT2D eigenvalue weighted by Crippen LogP contribution is -2.51. The van der Waals surface area contributed by atoms with Gasteiger partial charge in [-0.1, -0.05) is 40.7 Å². The highest BCUT2D eigenvalue weighted by molar-refractivity contribution is 5.88. The van der Waals surface area contributed by atoms with Crippen molar-refractivity contribution in [1.82, 2.24) is 5.32 Å². The number of rotatable bonds is 2. The van der Waals surface area contributed by atoms with Gasteiger partial charge in [0, 0.05) is 5.41 Å². The molecule has 1 N–H and O–H groups in total. The summed E-state index contributed by atoms with van der Waals surface area (Å²) in [4.78, 5) is 11.8. The van der Waals surface area contributed by atoms with E-state index in [1.807, 2.05) is 34.6 Å². The number of nitrogens with one attached hydrogen (secondary N) is 1. The summed E-state index contributed by atoms with van der Waals surface area (Å²) in [6, 6.07) is 0. The molecule has 1 aliphatic heterocycles. The Kier molecular flexibility index (Phi) is 4.04. The van der Waals surface area contributed by atoms with Crippen molar-refractivity contribution in [2.75, 3.05) is 0 Å². The van der Waals surface area contributed by atoms with Crippen LogP contribution in [0.15, 0.2) is 24.1 Å². The zero-order valence-electron chi connectivity index (χ0n) is 12.2. The van der Waals surface area contributed by atoms with E-state index in [1.54, 1.807) is 19.1 Å². The molecule has 0 aromatic rings. The van der Waals surface area contributed by atoms with Crippen molar-refractivity contribution in [3.05, 3.63) is 24.1 Å². The maximum atomic E-state index is 14.6. The maximum Gasteiger partial charge on any atom is 0.244 e. The second-order valence-electron chi connectivity index (χ2n) is 6.19. The molecule has 2 unspecified atom stereocenters. The summed E-state index contributed by atoms with van der Waals surface area (Å²) in [5, 5.41) is 2.75. The van der Waals surface area contributed by atoms with Gasteiger partial charge in [0.1, 0.15) is 5.83 Å². The molecule has 0 aliphatic carbocycles. The summed E-state index contributed by atoms with van der Waals surface area (Å²) in [5.41, 5.74) is -1.37. The van der Waals surface area contributed by atoms with Crippen LogP contribution in [-0.2, 0) is 4.79 Å². The predicted molar refractivity (Wildman–Crippen MR) is 72.7 cm³/mol. The molecule has 1 amide bonds. The minimum atomic E-state index is -0.933. The van der Waals surface area contributed by atoms with E-state index in [1.165, 1.54) is 6.08 Å². The van der Waals surface area contributed by atoms with Crippen molar-refractivity contribution in [3.8, 4) is 0 Å². The third-order valence-electron chi connectivity index (χ3n) is 4.31. The Morgan fingerprint density at radius 2 is 1.72 bits per heavy atom. The van der Waals surface area contributed by atoms with Crippen LogP contribution in [0, 0.1) is 17.3 Å². The quantitative estimate of drug-likeness (QED) is 0.800. The summed E-state index contributed by atoms with van der Waals surface area (Å²) >= 11 is 0. The molecule has 0 bridgehead atoms. The van der Waals surface area contributed by atoms with Crippen LogP contribution in [0.3, 0.4) is 0 Å². The first-order valence-electron chi connectivity index (χ1n) is 6.52. The Labute approximate surface area is 109 Å². The lowest BCUT2D eigenvalue weighted by Gasteiger charge is -2.37. The highest BCUT2D eigenvalue weighted by Crippen LogP contribution is 2.37. The van der Waals surface area contributed by atoms with E-state index in [-0.39, 0.29) is 23.6 Å². The monoisotopic (exact) mass is 253 g/mol. The van der Waals surface area contributed by atoms with Crippen LogP contribution in [0.25, 0.3) is 0 Å². The average molecular weight is 253 g/mol. The van der Waals surface area contributed by atoms with Gasteiger partial charge in [-0.05, 0) is 30.9 Å². The van der Waals surface area contributed by atoms with E-state index in [9.17, 15) is 9.18 Å². The van der Waals surface area contributed by atoms with E-state index in [2.05, 4.69) is 5.32 Å². The molecule has 0 fully saturated rings. The molecule has 1 aliphatic rings. The van der Waals surface area contributed by atoms with Crippen LogP contribution in [0.2, 0.25) is 0 Å². The van der Waals surface area contributed by atoms with Gasteiger partial charge in [-0.15, -0.1) is 0 Å². The lowest BCUT2D eigenvalue weighted by atomic mass is 9.75. The topological polar surface area (TPSA) is 29.1 Å². The van der Waals surface area contributed by atoms with Crippen molar-refractivity contribution in [3.63, 3.8) is 0 Å². The zero-order chi connectivity index (χ0) is 14.1. The fraction of sp³-hybridized carbons (Fsp3) is 0.667. The molecule has 2 nitrogen and oxygen atoms in total. The van der Waals surface area contributed by atoms with E-state index in [0.717, 1.165) is 0 Å². The number of allylic oxidation sites excluding steroid dienone is 2. The second kappa shape index (κ2) is 4.87. The van der Waals surface area contributed by atoms with Gasteiger partial charge in [0.05, 0.1) is 5.54 Å². The number of carbonyl (C=O) groups excluding carboxylic acids is 1. The van der Waals surface area contributed by atoms with E-state index < -0.39 is 11.0 Å². The summed E-state index contributed by atoms with van der Waals surface area (Å²) in [7, 11) is 0. The summed E-state index contributed by atoms with van der Waals surface area (Å²) in [6.45, 7) is 11.6. The van der Waals surface area contributed by atoms with Gasteiger partial charge in [-0.3, -0.25) is 4.79 Å². The zero-order valence-corrected chi connectivity index (χ0v) is 12.2. The van der Waals surface area contributed by atoms with Crippen LogP contribution in [-0.4, -0.2) is 11.4 Å². The molecule has 0 aromatic carbocycles. The van der Waals surface area contributed by atoms with E-state index >= 15 is 0 Å². The van der Waals surface area contributed by atoms with Crippen LogP contribution >= 0.6 is 0 Å². The molecule has 18 heavy (non-hydrogen) atoms. The van der Waals surface area contributed by atoms with Gasteiger partial charge in [-0.25, -0.2) is 4.39 Å². The molecule has 0 radical (unpaired) electrons. The fourth-order valence-corrected chi connectivity index (χ4v) is 1.86. The van der Waals surface area contributed by atoms with Crippen molar-refractivity contribution in [2.24, 2.45) is 17.3 Å². The number of halogens is 1. The summed E-state index contributed by atoms with van der Waals surface area (Å²) in [6.07, 6.45) is 4.95. The molecule has 0 spiro atoms. The highest BCUT2D eigenvalue weighted by atomic mass is 19.1. The maximum absolute atomic E-state index is 14.6. The Morgan fingerprint density at radius 3 is 2.17 bits per heavy atom. The standard InChI is InChI=1S/C15H24FNO/c1-10(2)14(5)8-7-13(18)17-15(6,11(3)4)12(16)9-14/h7-11H,1-6H3,(H,17,18)/b8-7-,12-9+. The average Bonchev–Trinajstić information content (AvgIpc) is 2.24. The number of hydrogen-bond acceptors (Lipinski definition) is 1. The van der Waals surface area contributed by atoms with Crippen molar-refractivity contribution in [1.29, 1.82) is 0 Å². The normalized spacial score (nSPS) is 37.8. The second-order valence-corrected chi connectivity index (χ2v) is 6.19. The van der Waals surface area contributed by atoms with Gasteiger partial charge in [0.25, 0.3) is 0 Å². The van der Waals surface area contributed by atoms with Crippen LogP contribution in [0.5, 0.6) is 0 Å². The first-order chi connectivity index (χ1) is 8.12. The largest absolute Gasteiger partial charge is 0.341 e. The molecule has 1 heterocycles. The summed E-state index contributed by atoms with van der Waals surface area (Å²) < 4.78 is 14.6. The Morgan fingerprint density at radius 1 is 1.17 bits per heavy atom. The first kappa shape index (κ1) is 14.9. The Hall–Kier alpha value is -1.12. The van der Waals surface area contributed by atoms with Crippen LogP contribution < -0.4 is 5.32 Å². The molecule has 2 atom stereocenters. The molecule has 3 heteroatoms. The number of carbonyl (C=O) groups is 1. The van der Waals surface area contributed by atoms with Crippen molar-refractivity contribution >= 4 is 5.91 Å². The molecular formula is C15H24FNO. The van der Waals surface area contributed by atoms with E-state index in [4.69, 9.17) is 0 Å². The minimum absolute atomic E-state index is 0.0133. The number of hydrogen-bond donors (Lipinski definition) is 1. The molecular weight excluding hydrogens is 229 g/mol. The Balaban J connectivity index is 3.33. The molecule has 1 rings (SSSR count). The lowest BCUT2D eigenvalue weighted by molar-refractivity contribution is -0.118. The van der Waals surface area contributed by atoms with Gasteiger partial charge in [0.2, 0.25) is 5.91 Å². The SMILES string of the molecule is CC(C)C1(C)/C=C\C(=O)NC(C)(C(C)C)/C(F)=C\1. The molecule has 0 saturated carbocycles.